The van der Waals surface area contributed by atoms with Crippen molar-refractivity contribution in [3.8, 4) is 0 Å². The average Bonchev–Trinajstić information content (AvgIpc) is 2.46. The van der Waals surface area contributed by atoms with Gasteiger partial charge in [-0.05, 0) is 13.0 Å². The molecule has 0 radical (unpaired) electrons. The minimum absolute atomic E-state index is 0.163. The van der Waals surface area contributed by atoms with Crippen molar-refractivity contribution < 1.29 is 14.7 Å². The summed E-state index contributed by atoms with van der Waals surface area (Å²) in [4.78, 5) is 13.7. The van der Waals surface area contributed by atoms with Crippen molar-refractivity contribution in [3.63, 3.8) is 0 Å². The first-order valence-electron chi connectivity index (χ1n) is 7.01. The van der Waals surface area contributed by atoms with Gasteiger partial charge in [-0.3, -0.25) is 4.79 Å². The Morgan fingerprint density at radius 2 is 2.05 bits per heavy atom. The van der Waals surface area contributed by atoms with Crippen molar-refractivity contribution in [2.24, 2.45) is 16.3 Å². The van der Waals surface area contributed by atoms with Crippen LogP contribution in [0.2, 0.25) is 0 Å². The summed E-state index contributed by atoms with van der Waals surface area (Å²) >= 11 is 0. The number of morpholine rings is 1. The van der Waals surface area contributed by atoms with Crippen molar-refractivity contribution in [2.75, 3.05) is 39.4 Å². The number of ether oxygens (including phenoxy) is 1. The smallest absolute Gasteiger partial charge is 0.224 e. The van der Waals surface area contributed by atoms with Crippen LogP contribution in [0.15, 0.2) is 5.16 Å². The summed E-state index contributed by atoms with van der Waals surface area (Å²) in [5.74, 6) is 0.389. The number of rotatable bonds is 7. The Kier molecular flexibility index (Phi) is 6.74. The van der Waals surface area contributed by atoms with Crippen molar-refractivity contribution in [1.82, 2.24) is 10.2 Å². The SMILES string of the molecule is CC(C)(CCNCCC(=O)N1CCOCC1)C(N)=NO. The second kappa shape index (κ2) is 8.06. The summed E-state index contributed by atoms with van der Waals surface area (Å²) < 4.78 is 5.21. The molecule has 0 bridgehead atoms. The summed E-state index contributed by atoms with van der Waals surface area (Å²) in [5, 5.41) is 14.9. The van der Waals surface area contributed by atoms with Crippen molar-refractivity contribution in [1.29, 1.82) is 0 Å². The third kappa shape index (κ3) is 5.34. The monoisotopic (exact) mass is 286 g/mol. The number of hydrogen-bond acceptors (Lipinski definition) is 5. The molecule has 7 nitrogen and oxygen atoms in total. The molecule has 4 N–H and O–H groups in total. The topological polar surface area (TPSA) is 100 Å². The minimum Gasteiger partial charge on any atom is -0.409 e. The van der Waals surface area contributed by atoms with Crippen LogP contribution in [0.5, 0.6) is 0 Å². The van der Waals surface area contributed by atoms with Crippen LogP contribution in [0.25, 0.3) is 0 Å². The van der Waals surface area contributed by atoms with Crippen LogP contribution in [0.1, 0.15) is 26.7 Å². The van der Waals surface area contributed by atoms with E-state index in [1.54, 1.807) is 0 Å². The molecule has 0 spiro atoms. The average molecular weight is 286 g/mol. The first-order chi connectivity index (χ1) is 9.47. The molecule has 0 aromatic heterocycles. The second-order valence-corrected chi connectivity index (χ2v) is 5.61. The summed E-state index contributed by atoms with van der Waals surface area (Å²) in [5.41, 5.74) is 5.26. The van der Waals surface area contributed by atoms with Crippen LogP contribution in [0.3, 0.4) is 0 Å². The molecular weight excluding hydrogens is 260 g/mol. The number of amidine groups is 1. The number of oxime groups is 1. The van der Waals surface area contributed by atoms with Crippen LogP contribution >= 0.6 is 0 Å². The van der Waals surface area contributed by atoms with Gasteiger partial charge in [0.1, 0.15) is 5.84 Å². The number of nitrogens with one attached hydrogen (secondary N) is 1. The van der Waals surface area contributed by atoms with Crippen molar-refractivity contribution in [3.05, 3.63) is 0 Å². The highest BCUT2D eigenvalue weighted by Gasteiger charge is 2.23. The van der Waals surface area contributed by atoms with Gasteiger partial charge in [0.15, 0.2) is 0 Å². The number of nitrogens with two attached hydrogens (primary N) is 1. The fourth-order valence-electron chi connectivity index (χ4n) is 1.96. The number of nitrogens with zero attached hydrogens (tertiary/aromatic N) is 2. The second-order valence-electron chi connectivity index (χ2n) is 5.61. The van der Waals surface area contributed by atoms with Crippen LogP contribution in [-0.2, 0) is 9.53 Å². The molecule has 1 heterocycles. The fraction of sp³-hybridized carbons (Fsp3) is 0.846. The Morgan fingerprint density at radius 3 is 2.65 bits per heavy atom. The lowest BCUT2D eigenvalue weighted by Gasteiger charge is -2.27. The van der Waals surface area contributed by atoms with Gasteiger partial charge >= 0.3 is 0 Å². The van der Waals surface area contributed by atoms with E-state index in [0.29, 0.717) is 39.3 Å². The van der Waals surface area contributed by atoms with Crippen molar-refractivity contribution in [2.45, 2.75) is 26.7 Å². The molecule has 1 aliphatic heterocycles. The maximum absolute atomic E-state index is 11.9. The largest absolute Gasteiger partial charge is 0.409 e. The number of carbonyl (C=O) groups excluding carboxylic acids is 1. The Bertz CT molecular complexity index is 339. The van der Waals surface area contributed by atoms with Gasteiger partial charge < -0.3 is 25.9 Å². The Labute approximate surface area is 120 Å². The lowest BCUT2D eigenvalue weighted by molar-refractivity contribution is -0.135. The van der Waals surface area contributed by atoms with E-state index < -0.39 is 0 Å². The van der Waals surface area contributed by atoms with Gasteiger partial charge in [0, 0.05) is 31.5 Å². The van der Waals surface area contributed by atoms with E-state index in [0.717, 1.165) is 13.0 Å². The first-order valence-corrected chi connectivity index (χ1v) is 7.01. The number of hydrogen-bond donors (Lipinski definition) is 3. The molecule has 1 fully saturated rings. The molecule has 1 aliphatic rings. The van der Waals surface area contributed by atoms with Crippen LogP contribution in [-0.4, -0.2) is 61.2 Å². The van der Waals surface area contributed by atoms with E-state index >= 15 is 0 Å². The number of carbonyl (C=O) groups is 1. The molecule has 0 unspecified atom stereocenters. The Hall–Kier alpha value is -1.34. The zero-order chi connectivity index (χ0) is 15.0. The van der Waals surface area contributed by atoms with Crippen LogP contribution in [0, 0.1) is 5.41 Å². The third-order valence-electron chi connectivity index (χ3n) is 3.61. The zero-order valence-corrected chi connectivity index (χ0v) is 12.4. The molecule has 1 saturated heterocycles. The number of amides is 1. The maximum Gasteiger partial charge on any atom is 0.224 e. The van der Waals surface area contributed by atoms with E-state index in [1.165, 1.54) is 0 Å². The normalized spacial score (nSPS) is 17.3. The summed E-state index contributed by atoms with van der Waals surface area (Å²) in [6.45, 7) is 7.85. The minimum atomic E-state index is -0.351. The maximum atomic E-state index is 11.9. The first kappa shape index (κ1) is 16.7. The van der Waals surface area contributed by atoms with Crippen LogP contribution in [0.4, 0.5) is 0 Å². The van der Waals surface area contributed by atoms with Gasteiger partial charge in [-0.1, -0.05) is 19.0 Å². The highest BCUT2D eigenvalue weighted by atomic mass is 16.5. The quantitative estimate of drug-likeness (QED) is 0.201. The van der Waals surface area contributed by atoms with E-state index in [1.807, 2.05) is 18.7 Å². The lowest BCUT2D eigenvalue weighted by atomic mass is 9.88. The fourth-order valence-corrected chi connectivity index (χ4v) is 1.96. The summed E-state index contributed by atoms with van der Waals surface area (Å²) in [6.07, 6.45) is 1.23. The third-order valence-corrected chi connectivity index (χ3v) is 3.61. The lowest BCUT2D eigenvalue weighted by Crippen LogP contribution is -2.41. The molecule has 20 heavy (non-hydrogen) atoms. The predicted molar refractivity (Wildman–Crippen MR) is 76.7 cm³/mol. The molecule has 1 amide bonds. The summed E-state index contributed by atoms with van der Waals surface area (Å²) in [6, 6.07) is 0. The molecule has 0 aliphatic carbocycles. The molecule has 0 aromatic rings. The van der Waals surface area contributed by atoms with E-state index in [9.17, 15) is 4.79 Å². The molecule has 0 aromatic carbocycles. The van der Waals surface area contributed by atoms with E-state index in [4.69, 9.17) is 15.7 Å². The molecule has 7 heteroatoms. The predicted octanol–water partition coefficient (Wildman–Crippen LogP) is -0.0124. The van der Waals surface area contributed by atoms with Gasteiger partial charge in [0.25, 0.3) is 0 Å². The molecule has 116 valence electrons. The highest BCUT2D eigenvalue weighted by Crippen LogP contribution is 2.19. The van der Waals surface area contributed by atoms with Crippen molar-refractivity contribution >= 4 is 11.7 Å². The highest BCUT2D eigenvalue weighted by molar-refractivity contribution is 5.85. The zero-order valence-electron chi connectivity index (χ0n) is 12.4. The molecule has 1 rings (SSSR count). The van der Waals surface area contributed by atoms with Gasteiger partial charge in [0.2, 0.25) is 5.91 Å². The Balaban J connectivity index is 2.14. The standard InChI is InChI=1S/C13H26N4O3/c1-13(2,12(14)16-19)4-6-15-5-3-11(18)17-7-9-20-10-8-17/h15,19H,3-10H2,1-2H3,(H2,14,16). The van der Waals surface area contributed by atoms with E-state index in [2.05, 4.69) is 10.5 Å². The molecule has 0 atom stereocenters. The van der Waals surface area contributed by atoms with Gasteiger partial charge in [-0.2, -0.15) is 0 Å². The molecule has 0 saturated carbocycles. The van der Waals surface area contributed by atoms with Crippen LogP contribution < -0.4 is 11.1 Å². The molecular formula is C13H26N4O3. The summed E-state index contributed by atoms with van der Waals surface area (Å²) in [7, 11) is 0. The van der Waals surface area contributed by atoms with Gasteiger partial charge in [-0.15, -0.1) is 0 Å². The van der Waals surface area contributed by atoms with Gasteiger partial charge in [-0.25, -0.2) is 0 Å². The Morgan fingerprint density at radius 1 is 1.40 bits per heavy atom. The van der Waals surface area contributed by atoms with E-state index in [-0.39, 0.29) is 17.2 Å². The van der Waals surface area contributed by atoms with Gasteiger partial charge in [0.05, 0.1) is 13.2 Å².